The van der Waals surface area contributed by atoms with Gasteiger partial charge in [-0.05, 0) is 32.3 Å². The molecule has 0 saturated carbocycles. The molecular formula is C14H21ClN2O. The fourth-order valence-electron chi connectivity index (χ4n) is 2.15. The van der Waals surface area contributed by atoms with Crippen LogP contribution in [-0.2, 0) is 15.8 Å². The second-order valence-corrected chi connectivity index (χ2v) is 6.57. The molecular weight excluding hydrogens is 248 g/mol. The van der Waals surface area contributed by atoms with Gasteiger partial charge < -0.3 is 4.74 Å². The molecule has 1 aliphatic rings. The lowest BCUT2D eigenvalue weighted by atomic mass is 9.90. The van der Waals surface area contributed by atoms with Gasteiger partial charge in [0.15, 0.2) is 5.82 Å². The number of rotatable bonds is 1. The average molecular weight is 269 g/mol. The van der Waals surface area contributed by atoms with Gasteiger partial charge in [0.05, 0.1) is 5.69 Å². The minimum absolute atomic E-state index is 0.0354. The molecule has 1 aromatic rings. The largest absolute Gasteiger partial charge is 0.367 e. The Labute approximate surface area is 114 Å². The summed E-state index contributed by atoms with van der Waals surface area (Å²) >= 11 is 6.13. The molecule has 0 aliphatic carbocycles. The van der Waals surface area contributed by atoms with Crippen molar-refractivity contribution in [1.82, 2.24) is 9.97 Å². The molecule has 1 aliphatic heterocycles. The highest BCUT2D eigenvalue weighted by Crippen LogP contribution is 2.34. The van der Waals surface area contributed by atoms with Gasteiger partial charge in [-0.3, -0.25) is 0 Å². The average Bonchev–Trinajstić information content (AvgIpc) is 2.28. The van der Waals surface area contributed by atoms with Gasteiger partial charge >= 0.3 is 0 Å². The first kappa shape index (κ1) is 13.8. The lowest BCUT2D eigenvalue weighted by molar-refractivity contribution is -0.0762. The van der Waals surface area contributed by atoms with Gasteiger partial charge in [0, 0.05) is 12.0 Å². The maximum absolute atomic E-state index is 6.13. The van der Waals surface area contributed by atoms with E-state index in [1.807, 2.05) is 6.07 Å². The Bertz CT molecular complexity index is 434. The first-order chi connectivity index (χ1) is 8.31. The Balaban J connectivity index is 2.41. The number of aromatic nitrogens is 2. The molecule has 1 aromatic heterocycles. The van der Waals surface area contributed by atoms with Crippen LogP contribution >= 0.6 is 11.6 Å². The van der Waals surface area contributed by atoms with Crippen LogP contribution in [0.15, 0.2) is 6.07 Å². The molecule has 0 amide bonds. The van der Waals surface area contributed by atoms with Crippen LogP contribution < -0.4 is 0 Å². The number of hydrogen-bond acceptors (Lipinski definition) is 3. The van der Waals surface area contributed by atoms with Crippen molar-refractivity contribution in [2.45, 2.75) is 58.0 Å². The summed E-state index contributed by atoms with van der Waals surface area (Å²) < 4.78 is 5.89. The standard InChI is InChI=1S/C14H21ClN2O/c1-13(2,3)10-9-11(15)17-12(16-10)14(4)7-5-6-8-18-14/h9H,5-8H2,1-4H3. The molecule has 100 valence electrons. The number of ether oxygens (including phenoxy) is 1. The molecule has 4 heteroatoms. The fraction of sp³-hybridized carbons (Fsp3) is 0.714. The van der Waals surface area contributed by atoms with Crippen molar-refractivity contribution in [2.75, 3.05) is 6.61 Å². The topological polar surface area (TPSA) is 35.0 Å². The molecule has 1 unspecified atom stereocenters. The zero-order valence-electron chi connectivity index (χ0n) is 11.6. The highest BCUT2D eigenvalue weighted by molar-refractivity contribution is 6.29. The molecule has 0 radical (unpaired) electrons. The maximum Gasteiger partial charge on any atom is 0.161 e. The third kappa shape index (κ3) is 2.83. The first-order valence-electron chi connectivity index (χ1n) is 6.51. The van der Waals surface area contributed by atoms with Crippen molar-refractivity contribution in [3.05, 3.63) is 22.7 Å². The first-order valence-corrected chi connectivity index (χ1v) is 6.89. The molecule has 0 spiro atoms. The molecule has 0 N–H and O–H groups in total. The van der Waals surface area contributed by atoms with Crippen LogP contribution in [0.4, 0.5) is 0 Å². The van der Waals surface area contributed by atoms with Crippen LogP contribution in [0.3, 0.4) is 0 Å². The molecule has 1 saturated heterocycles. The van der Waals surface area contributed by atoms with E-state index in [0.717, 1.165) is 37.4 Å². The summed E-state index contributed by atoms with van der Waals surface area (Å²) in [5.41, 5.74) is 0.545. The van der Waals surface area contributed by atoms with Crippen LogP contribution in [0.1, 0.15) is 58.5 Å². The summed E-state index contributed by atoms with van der Waals surface area (Å²) in [6.45, 7) is 9.21. The number of hydrogen-bond donors (Lipinski definition) is 0. The highest BCUT2D eigenvalue weighted by atomic mass is 35.5. The van der Waals surface area contributed by atoms with E-state index in [0.29, 0.717) is 5.15 Å². The van der Waals surface area contributed by atoms with Gasteiger partial charge in [-0.15, -0.1) is 0 Å². The van der Waals surface area contributed by atoms with E-state index in [1.165, 1.54) is 0 Å². The van der Waals surface area contributed by atoms with E-state index in [9.17, 15) is 0 Å². The number of halogens is 1. The van der Waals surface area contributed by atoms with E-state index in [4.69, 9.17) is 16.3 Å². The third-order valence-electron chi connectivity index (χ3n) is 3.41. The van der Waals surface area contributed by atoms with E-state index in [-0.39, 0.29) is 11.0 Å². The van der Waals surface area contributed by atoms with Crippen molar-refractivity contribution in [3.8, 4) is 0 Å². The van der Waals surface area contributed by atoms with Gasteiger partial charge in [0.1, 0.15) is 10.8 Å². The van der Waals surface area contributed by atoms with Gasteiger partial charge in [0.2, 0.25) is 0 Å². The summed E-state index contributed by atoms with van der Waals surface area (Å²) in [6.07, 6.45) is 3.22. The van der Waals surface area contributed by atoms with Crippen molar-refractivity contribution >= 4 is 11.6 Å². The third-order valence-corrected chi connectivity index (χ3v) is 3.60. The van der Waals surface area contributed by atoms with Gasteiger partial charge in [-0.1, -0.05) is 32.4 Å². The van der Waals surface area contributed by atoms with E-state index in [1.54, 1.807) is 0 Å². The predicted octanol–water partition coefficient (Wildman–Crippen LogP) is 3.84. The van der Waals surface area contributed by atoms with E-state index >= 15 is 0 Å². The van der Waals surface area contributed by atoms with Crippen molar-refractivity contribution in [2.24, 2.45) is 0 Å². The van der Waals surface area contributed by atoms with Crippen molar-refractivity contribution in [1.29, 1.82) is 0 Å². The van der Waals surface area contributed by atoms with Gasteiger partial charge in [-0.25, -0.2) is 9.97 Å². The second-order valence-electron chi connectivity index (χ2n) is 6.19. The molecule has 3 nitrogen and oxygen atoms in total. The van der Waals surface area contributed by atoms with E-state index < -0.39 is 0 Å². The summed E-state index contributed by atoms with van der Waals surface area (Å²) in [5, 5.41) is 0.500. The van der Waals surface area contributed by atoms with Crippen LogP contribution in [0, 0.1) is 0 Å². The zero-order chi connectivity index (χ0) is 13.4. The Morgan fingerprint density at radius 3 is 2.56 bits per heavy atom. The SMILES string of the molecule is CC(C)(C)c1cc(Cl)nc(C2(C)CCCCO2)n1. The zero-order valence-corrected chi connectivity index (χ0v) is 12.3. The maximum atomic E-state index is 6.13. The van der Waals surface area contributed by atoms with Crippen LogP contribution in [0.5, 0.6) is 0 Å². The monoisotopic (exact) mass is 268 g/mol. The summed E-state index contributed by atoms with van der Waals surface area (Å²) in [6, 6.07) is 1.84. The fourth-order valence-corrected chi connectivity index (χ4v) is 2.33. The second kappa shape index (κ2) is 4.78. The van der Waals surface area contributed by atoms with Crippen molar-refractivity contribution in [3.63, 3.8) is 0 Å². The summed E-state index contributed by atoms with van der Waals surface area (Å²) in [4.78, 5) is 9.05. The normalized spacial score (nSPS) is 25.2. The number of nitrogens with zero attached hydrogens (tertiary/aromatic N) is 2. The smallest absolute Gasteiger partial charge is 0.161 e. The lowest BCUT2D eigenvalue weighted by Gasteiger charge is -2.33. The molecule has 0 bridgehead atoms. The van der Waals surface area contributed by atoms with Gasteiger partial charge in [0.25, 0.3) is 0 Å². The van der Waals surface area contributed by atoms with E-state index in [2.05, 4.69) is 37.7 Å². The minimum Gasteiger partial charge on any atom is -0.367 e. The Kier molecular flexibility index (Phi) is 3.65. The van der Waals surface area contributed by atoms with Crippen molar-refractivity contribution < 1.29 is 4.74 Å². The molecule has 0 aromatic carbocycles. The quantitative estimate of drug-likeness (QED) is 0.726. The molecule has 2 heterocycles. The summed E-state index contributed by atoms with van der Waals surface area (Å²) in [7, 11) is 0. The minimum atomic E-state index is -0.386. The lowest BCUT2D eigenvalue weighted by Crippen LogP contribution is -2.33. The predicted molar refractivity (Wildman–Crippen MR) is 72.9 cm³/mol. The molecule has 1 atom stereocenters. The molecule has 18 heavy (non-hydrogen) atoms. The van der Waals surface area contributed by atoms with Crippen LogP contribution in [0.2, 0.25) is 5.15 Å². The Morgan fingerprint density at radius 1 is 1.28 bits per heavy atom. The Hall–Kier alpha value is -0.670. The highest BCUT2D eigenvalue weighted by Gasteiger charge is 2.34. The van der Waals surface area contributed by atoms with Crippen LogP contribution in [-0.4, -0.2) is 16.6 Å². The Morgan fingerprint density at radius 2 is 2.00 bits per heavy atom. The summed E-state index contributed by atoms with van der Waals surface area (Å²) in [5.74, 6) is 0.722. The van der Waals surface area contributed by atoms with Gasteiger partial charge in [-0.2, -0.15) is 0 Å². The molecule has 2 rings (SSSR count). The molecule has 1 fully saturated rings. The van der Waals surface area contributed by atoms with Crippen LogP contribution in [0.25, 0.3) is 0 Å².